The Balaban J connectivity index is 2.00. The molecule has 6 heteroatoms. The summed E-state index contributed by atoms with van der Waals surface area (Å²) < 4.78 is 19.4. The van der Waals surface area contributed by atoms with Crippen LogP contribution in [0.5, 0.6) is 0 Å². The van der Waals surface area contributed by atoms with Gasteiger partial charge in [-0.05, 0) is 24.3 Å². The number of pyridine rings is 1. The number of halogens is 1. The van der Waals surface area contributed by atoms with Gasteiger partial charge in [-0.25, -0.2) is 14.4 Å². The van der Waals surface area contributed by atoms with Crippen LogP contribution < -0.4 is 5.32 Å². The van der Waals surface area contributed by atoms with E-state index in [-0.39, 0.29) is 11.9 Å². The molecule has 0 amide bonds. The molecule has 0 unspecified atom stereocenters. The molecule has 0 spiro atoms. The van der Waals surface area contributed by atoms with Gasteiger partial charge in [-0.3, -0.25) is 4.98 Å². The Morgan fingerprint density at radius 3 is 2.82 bits per heavy atom. The number of hydrogen-bond donors (Lipinski definition) is 1. The molecule has 0 aliphatic rings. The summed E-state index contributed by atoms with van der Waals surface area (Å²) in [6.45, 7) is 0.386. The topological polar surface area (TPSA) is 59.9 Å². The Labute approximate surface area is 127 Å². The average molecular weight is 298 g/mol. The van der Waals surface area contributed by atoms with E-state index in [2.05, 4.69) is 20.3 Å². The molecule has 0 aliphatic carbocycles. The van der Waals surface area contributed by atoms with Crippen molar-refractivity contribution in [3.63, 3.8) is 0 Å². The highest BCUT2D eigenvalue weighted by Gasteiger charge is 2.16. The zero-order valence-corrected chi connectivity index (χ0v) is 12.0. The van der Waals surface area contributed by atoms with E-state index >= 15 is 0 Å². The fourth-order valence-corrected chi connectivity index (χ4v) is 2.29. The first-order chi connectivity index (χ1) is 10.8. The van der Waals surface area contributed by atoms with Crippen molar-refractivity contribution in [2.24, 2.45) is 0 Å². The lowest BCUT2D eigenvalue weighted by Gasteiger charge is -2.19. The van der Waals surface area contributed by atoms with Crippen LogP contribution in [0.15, 0.2) is 48.9 Å². The van der Waals surface area contributed by atoms with Crippen LogP contribution in [0.1, 0.15) is 11.7 Å². The van der Waals surface area contributed by atoms with Crippen LogP contribution in [0.2, 0.25) is 0 Å². The molecule has 0 aliphatic heterocycles. The van der Waals surface area contributed by atoms with Gasteiger partial charge in [0.2, 0.25) is 0 Å². The number of rotatable bonds is 5. The number of aromatic nitrogens is 3. The molecule has 0 fully saturated rings. The number of fused-ring (bicyclic) bond motifs is 1. The average Bonchev–Trinajstić information content (AvgIpc) is 2.55. The maximum Gasteiger partial charge on any atom is 0.140 e. The molecule has 0 bridgehead atoms. The maximum atomic E-state index is 14.1. The van der Waals surface area contributed by atoms with E-state index < -0.39 is 0 Å². The third-order valence-electron chi connectivity index (χ3n) is 3.30. The Bertz CT molecular complexity index is 761. The van der Waals surface area contributed by atoms with Gasteiger partial charge in [0, 0.05) is 13.3 Å². The normalized spacial score (nSPS) is 12.3. The van der Waals surface area contributed by atoms with Gasteiger partial charge < -0.3 is 10.1 Å². The van der Waals surface area contributed by atoms with Gasteiger partial charge in [0.15, 0.2) is 0 Å². The molecule has 3 rings (SSSR count). The van der Waals surface area contributed by atoms with E-state index in [1.54, 1.807) is 25.4 Å². The summed E-state index contributed by atoms with van der Waals surface area (Å²) in [7, 11) is 1.61. The van der Waals surface area contributed by atoms with E-state index in [0.717, 1.165) is 5.69 Å². The second-order valence-corrected chi connectivity index (χ2v) is 4.76. The van der Waals surface area contributed by atoms with Crippen molar-refractivity contribution in [2.45, 2.75) is 6.04 Å². The fourth-order valence-electron chi connectivity index (χ4n) is 2.29. The predicted molar refractivity (Wildman–Crippen MR) is 82.0 cm³/mol. The number of benzene rings is 1. The summed E-state index contributed by atoms with van der Waals surface area (Å²) in [4.78, 5) is 12.6. The molecular formula is C16H15FN4O. The molecule has 22 heavy (non-hydrogen) atoms. The summed E-state index contributed by atoms with van der Waals surface area (Å²) in [6.07, 6.45) is 3.12. The highest BCUT2D eigenvalue weighted by Crippen LogP contribution is 2.25. The second kappa shape index (κ2) is 6.44. The minimum Gasteiger partial charge on any atom is -0.382 e. The molecule has 0 radical (unpaired) electrons. The lowest BCUT2D eigenvalue weighted by atomic mass is 10.1. The first-order valence-corrected chi connectivity index (χ1v) is 6.85. The SMILES string of the molecule is COC[C@@H](Nc1ncnc2cccc(F)c12)c1ccccn1. The monoisotopic (exact) mass is 298 g/mol. The van der Waals surface area contributed by atoms with Gasteiger partial charge in [-0.15, -0.1) is 0 Å². The van der Waals surface area contributed by atoms with Gasteiger partial charge in [0.05, 0.1) is 29.2 Å². The van der Waals surface area contributed by atoms with E-state index in [0.29, 0.717) is 23.3 Å². The quantitative estimate of drug-likeness (QED) is 0.784. The number of anilines is 1. The third-order valence-corrected chi connectivity index (χ3v) is 3.30. The predicted octanol–water partition coefficient (Wildman–Crippen LogP) is 2.96. The summed E-state index contributed by atoms with van der Waals surface area (Å²) in [5.41, 5.74) is 1.35. The minimum atomic E-state index is -0.363. The molecule has 5 nitrogen and oxygen atoms in total. The highest BCUT2D eigenvalue weighted by molar-refractivity contribution is 5.89. The van der Waals surface area contributed by atoms with E-state index in [1.807, 2.05) is 18.2 Å². The summed E-state index contributed by atoms with van der Waals surface area (Å²) >= 11 is 0. The lowest BCUT2D eigenvalue weighted by Crippen LogP contribution is -2.18. The highest BCUT2D eigenvalue weighted by atomic mass is 19.1. The van der Waals surface area contributed by atoms with Crippen LogP contribution in [-0.4, -0.2) is 28.7 Å². The summed E-state index contributed by atoms with van der Waals surface area (Å²) in [6, 6.07) is 10.2. The zero-order chi connectivity index (χ0) is 15.4. The Morgan fingerprint density at radius 2 is 2.05 bits per heavy atom. The van der Waals surface area contributed by atoms with Gasteiger partial charge >= 0.3 is 0 Å². The van der Waals surface area contributed by atoms with Crippen molar-refractivity contribution < 1.29 is 9.13 Å². The standard InChI is InChI=1S/C16H15FN4O/c1-22-9-14(12-6-2-3-8-18-12)21-16-15-11(17)5-4-7-13(15)19-10-20-16/h2-8,10,14H,9H2,1H3,(H,19,20,21)/t14-/m1/s1. The van der Waals surface area contributed by atoms with Crippen molar-refractivity contribution in [1.82, 2.24) is 15.0 Å². The molecule has 0 saturated carbocycles. The van der Waals surface area contributed by atoms with Crippen molar-refractivity contribution in [3.8, 4) is 0 Å². The number of methoxy groups -OCH3 is 1. The van der Waals surface area contributed by atoms with Crippen LogP contribution >= 0.6 is 0 Å². The molecule has 2 aromatic heterocycles. The lowest BCUT2D eigenvalue weighted by molar-refractivity contribution is 0.185. The molecule has 1 aromatic carbocycles. The maximum absolute atomic E-state index is 14.1. The molecule has 2 heterocycles. The van der Waals surface area contributed by atoms with Crippen LogP contribution in [0, 0.1) is 5.82 Å². The molecule has 1 atom stereocenters. The van der Waals surface area contributed by atoms with Crippen molar-refractivity contribution in [1.29, 1.82) is 0 Å². The van der Waals surface area contributed by atoms with Crippen molar-refractivity contribution >= 4 is 16.7 Å². The largest absolute Gasteiger partial charge is 0.382 e. The van der Waals surface area contributed by atoms with E-state index in [1.165, 1.54) is 12.4 Å². The van der Waals surface area contributed by atoms with Crippen molar-refractivity contribution in [2.75, 3.05) is 19.0 Å². The van der Waals surface area contributed by atoms with E-state index in [9.17, 15) is 4.39 Å². The molecule has 1 N–H and O–H groups in total. The first-order valence-electron chi connectivity index (χ1n) is 6.85. The number of hydrogen-bond acceptors (Lipinski definition) is 5. The Morgan fingerprint density at radius 1 is 1.14 bits per heavy atom. The van der Waals surface area contributed by atoms with Gasteiger partial charge in [-0.2, -0.15) is 0 Å². The first kappa shape index (κ1) is 14.3. The van der Waals surface area contributed by atoms with E-state index in [4.69, 9.17) is 4.74 Å². The van der Waals surface area contributed by atoms with Crippen LogP contribution in [0.3, 0.4) is 0 Å². The number of nitrogens with zero attached hydrogens (tertiary/aromatic N) is 3. The van der Waals surface area contributed by atoms with Gasteiger partial charge in [0.25, 0.3) is 0 Å². The van der Waals surface area contributed by atoms with Crippen molar-refractivity contribution in [3.05, 3.63) is 60.4 Å². The summed E-state index contributed by atoms with van der Waals surface area (Å²) in [5, 5.41) is 3.56. The molecular weight excluding hydrogens is 283 g/mol. The smallest absolute Gasteiger partial charge is 0.140 e. The van der Waals surface area contributed by atoms with Gasteiger partial charge in [0.1, 0.15) is 18.0 Å². The molecule has 3 aromatic rings. The third kappa shape index (κ3) is 2.87. The van der Waals surface area contributed by atoms with Crippen LogP contribution in [0.4, 0.5) is 10.2 Å². The Hall–Kier alpha value is -2.60. The van der Waals surface area contributed by atoms with Crippen LogP contribution in [-0.2, 0) is 4.74 Å². The number of ether oxygens (including phenoxy) is 1. The number of nitrogens with one attached hydrogen (secondary N) is 1. The zero-order valence-electron chi connectivity index (χ0n) is 12.0. The molecule has 112 valence electrons. The minimum absolute atomic E-state index is 0.232. The Kier molecular flexibility index (Phi) is 4.20. The van der Waals surface area contributed by atoms with Crippen LogP contribution in [0.25, 0.3) is 10.9 Å². The summed E-state index contributed by atoms with van der Waals surface area (Å²) in [5.74, 6) is 0.0635. The molecule has 0 saturated heterocycles. The van der Waals surface area contributed by atoms with Gasteiger partial charge in [-0.1, -0.05) is 12.1 Å². The second-order valence-electron chi connectivity index (χ2n) is 4.76. The fraction of sp³-hybridized carbons (Fsp3) is 0.188.